The molecule has 0 aliphatic carbocycles. The molecule has 3 N–H and O–H groups in total. The highest BCUT2D eigenvalue weighted by molar-refractivity contribution is 6.03. The van der Waals surface area contributed by atoms with Gasteiger partial charge in [0.2, 0.25) is 5.56 Å². The summed E-state index contributed by atoms with van der Waals surface area (Å²) in [5, 5.41) is 9.59. The Bertz CT molecular complexity index is 629. The molecule has 0 spiro atoms. The number of carbonyl (C=O) groups is 1. The van der Waals surface area contributed by atoms with Crippen molar-refractivity contribution in [2.45, 2.75) is 26.2 Å². The van der Waals surface area contributed by atoms with Crippen molar-refractivity contribution in [3.05, 3.63) is 46.0 Å². The fourth-order valence-corrected chi connectivity index (χ4v) is 1.51. The SMILES string of the molecule is CC(C)(C)c1cc(NC(=O)c2ccc(=O)[nH]c2)n[nH]1. The number of amides is 1. The maximum absolute atomic E-state index is 11.9. The highest BCUT2D eigenvalue weighted by Crippen LogP contribution is 2.22. The molecule has 0 atom stereocenters. The van der Waals surface area contributed by atoms with Crippen LogP contribution >= 0.6 is 0 Å². The van der Waals surface area contributed by atoms with Gasteiger partial charge in [0, 0.05) is 29.4 Å². The Morgan fingerprint density at radius 1 is 1.32 bits per heavy atom. The van der Waals surface area contributed by atoms with E-state index < -0.39 is 0 Å². The monoisotopic (exact) mass is 260 g/mol. The van der Waals surface area contributed by atoms with E-state index in [-0.39, 0.29) is 16.9 Å². The van der Waals surface area contributed by atoms with Crippen LogP contribution in [0.4, 0.5) is 5.82 Å². The van der Waals surface area contributed by atoms with Gasteiger partial charge in [-0.05, 0) is 6.07 Å². The summed E-state index contributed by atoms with van der Waals surface area (Å²) in [7, 11) is 0. The van der Waals surface area contributed by atoms with E-state index >= 15 is 0 Å². The van der Waals surface area contributed by atoms with Gasteiger partial charge >= 0.3 is 0 Å². The molecule has 0 radical (unpaired) electrons. The zero-order valence-electron chi connectivity index (χ0n) is 11.1. The molecular formula is C13H16N4O2. The lowest BCUT2D eigenvalue weighted by Crippen LogP contribution is -2.14. The van der Waals surface area contributed by atoms with Gasteiger partial charge in [0.05, 0.1) is 5.56 Å². The molecule has 0 aliphatic heterocycles. The van der Waals surface area contributed by atoms with E-state index in [0.29, 0.717) is 11.4 Å². The van der Waals surface area contributed by atoms with Crippen LogP contribution in [0.2, 0.25) is 0 Å². The lowest BCUT2D eigenvalue weighted by atomic mass is 9.92. The lowest BCUT2D eigenvalue weighted by molar-refractivity contribution is 0.102. The molecule has 2 aromatic heterocycles. The molecule has 0 aromatic carbocycles. The molecule has 0 bridgehead atoms. The third kappa shape index (κ3) is 3.09. The number of aromatic nitrogens is 3. The first-order valence-electron chi connectivity index (χ1n) is 5.92. The number of pyridine rings is 1. The molecule has 6 heteroatoms. The van der Waals surface area contributed by atoms with E-state index in [1.54, 1.807) is 6.07 Å². The van der Waals surface area contributed by atoms with E-state index in [2.05, 4.69) is 20.5 Å². The Hall–Kier alpha value is -2.37. The molecule has 2 heterocycles. The first-order valence-corrected chi connectivity index (χ1v) is 5.92. The zero-order chi connectivity index (χ0) is 14.0. The van der Waals surface area contributed by atoms with E-state index in [4.69, 9.17) is 0 Å². The molecule has 19 heavy (non-hydrogen) atoms. The van der Waals surface area contributed by atoms with Gasteiger partial charge in [0.1, 0.15) is 0 Å². The third-order valence-electron chi connectivity index (χ3n) is 2.67. The van der Waals surface area contributed by atoms with Crippen LogP contribution < -0.4 is 10.9 Å². The van der Waals surface area contributed by atoms with Gasteiger partial charge in [-0.15, -0.1) is 0 Å². The Morgan fingerprint density at radius 3 is 2.58 bits per heavy atom. The molecule has 0 saturated carbocycles. The van der Waals surface area contributed by atoms with Crippen LogP contribution in [0.1, 0.15) is 36.8 Å². The van der Waals surface area contributed by atoms with Crippen molar-refractivity contribution < 1.29 is 4.79 Å². The van der Waals surface area contributed by atoms with Crippen LogP contribution in [0.15, 0.2) is 29.2 Å². The maximum Gasteiger partial charge on any atom is 0.258 e. The van der Waals surface area contributed by atoms with E-state index in [9.17, 15) is 9.59 Å². The van der Waals surface area contributed by atoms with Gasteiger partial charge in [-0.25, -0.2) is 0 Å². The molecule has 1 amide bonds. The number of nitrogens with one attached hydrogen (secondary N) is 3. The number of anilines is 1. The van der Waals surface area contributed by atoms with Crippen LogP contribution in [0.3, 0.4) is 0 Å². The molecule has 0 fully saturated rings. The fraction of sp³-hybridized carbons (Fsp3) is 0.308. The summed E-state index contributed by atoms with van der Waals surface area (Å²) in [6.45, 7) is 6.15. The minimum absolute atomic E-state index is 0.0615. The molecule has 0 saturated heterocycles. The number of carbonyl (C=O) groups excluding carboxylic acids is 1. The van der Waals surface area contributed by atoms with Gasteiger partial charge in [-0.1, -0.05) is 20.8 Å². The normalized spacial score (nSPS) is 11.3. The van der Waals surface area contributed by atoms with Gasteiger partial charge < -0.3 is 10.3 Å². The third-order valence-corrected chi connectivity index (χ3v) is 2.67. The van der Waals surface area contributed by atoms with Crippen molar-refractivity contribution in [3.63, 3.8) is 0 Å². The van der Waals surface area contributed by atoms with Crippen molar-refractivity contribution >= 4 is 11.7 Å². The largest absolute Gasteiger partial charge is 0.328 e. The van der Waals surface area contributed by atoms with Crippen molar-refractivity contribution in [1.29, 1.82) is 0 Å². The number of aromatic amines is 2. The van der Waals surface area contributed by atoms with Crippen LogP contribution in [0.5, 0.6) is 0 Å². The van der Waals surface area contributed by atoms with Crippen molar-refractivity contribution in [2.75, 3.05) is 5.32 Å². The van der Waals surface area contributed by atoms with E-state index in [0.717, 1.165) is 5.69 Å². The average Bonchev–Trinajstić information content (AvgIpc) is 2.78. The van der Waals surface area contributed by atoms with Crippen molar-refractivity contribution in [3.8, 4) is 0 Å². The maximum atomic E-state index is 11.9. The average molecular weight is 260 g/mol. The Kier molecular flexibility index (Phi) is 3.25. The van der Waals surface area contributed by atoms with Gasteiger partial charge in [-0.3, -0.25) is 14.7 Å². The smallest absolute Gasteiger partial charge is 0.258 e. The molecule has 100 valence electrons. The first-order chi connectivity index (χ1) is 8.86. The minimum Gasteiger partial charge on any atom is -0.328 e. The van der Waals surface area contributed by atoms with Crippen LogP contribution in [-0.2, 0) is 5.41 Å². The summed E-state index contributed by atoms with van der Waals surface area (Å²) in [5.41, 5.74) is 1.00. The Balaban J connectivity index is 2.13. The van der Waals surface area contributed by atoms with Crippen LogP contribution in [-0.4, -0.2) is 21.1 Å². The molecule has 6 nitrogen and oxygen atoms in total. The highest BCUT2D eigenvalue weighted by Gasteiger charge is 2.17. The minimum atomic E-state index is -0.316. The standard InChI is InChI=1S/C13H16N4O2/c1-13(2,3)9-6-10(17-16-9)15-12(19)8-4-5-11(18)14-7-8/h4-7H,1-3H3,(H,14,18)(H2,15,16,17,19). The predicted octanol–water partition coefficient (Wildman–Crippen LogP) is 1.65. The van der Waals surface area contributed by atoms with Gasteiger partial charge in [0.15, 0.2) is 5.82 Å². The summed E-state index contributed by atoms with van der Waals surface area (Å²) in [6.07, 6.45) is 1.37. The number of rotatable bonds is 2. The van der Waals surface area contributed by atoms with Crippen LogP contribution in [0.25, 0.3) is 0 Å². The summed E-state index contributed by atoms with van der Waals surface area (Å²) >= 11 is 0. The molecule has 0 aliphatic rings. The zero-order valence-corrected chi connectivity index (χ0v) is 11.1. The summed E-state index contributed by atoms with van der Waals surface area (Å²) in [6, 6.07) is 4.56. The summed E-state index contributed by atoms with van der Waals surface area (Å²) in [5.74, 6) is 0.143. The molecule has 2 rings (SSSR count). The fourth-order valence-electron chi connectivity index (χ4n) is 1.51. The number of hydrogen-bond acceptors (Lipinski definition) is 3. The first kappa shape index (κ1) is 13.1. The summed E-state index contributed by atoms with van der Waals surface area (Å²) < 4.78 is 0. The molecule has 2 aromatic rings. The lowest BCUT2D eigenvalue weighted by Gasteiger charge is -2.14. The Morgan fingerprint density at radius 2 is 2.05 bits per heavy atom. The Labute approximate surface area is 110 Å². The molecular weight excluding hydrogens is 244 g/mol. The quantitative estimate of drug-likeness (QED) is 0.766. The van der Waals surface area contributed by atoms with Gasteiger partial charge in [-0.2, -0.15) is 5.10 Å². The number of H-pyrrole nitrogens is 2. The topological polar surface area (TPSA) is 90.6 Å². The number of nitrogens with zero attached hydrogens (tertiary/aromatic N) is 1. The van der Waals surface area contributed by atoms with E-state index in [1.807, 2.05) is 20.8 Å². The van der Waals surface area contributed by atoms with Crippen LogP contribution in [0, 0.1) is 0 Å². The second-order valence-electron chi connectivity index (χ2n) is 5.31. The molecule has 0 unspecified atom stereocenters. The van der Waals surface area contributed by atoms with Crippen molar-refractivity contribution in [2.24, 2.45) is 0 Å². The second kappa shape index (κ2) is 4.72. The van der Waals surface area contributed by atoms with Crippen molar-refractivity contribution in [1.82, 2.24) is 15.2 Å². The number of hydrogen-bond donors (Lipinski definition) is 3. The van der Waals surface area contributed by atoms with Gasteiger partial charge in [0.25, 0.3) is 5.91 Å². The summed E-state index contributed by atoms with van der Waals surface area (Å²) in [4.78, 5) is 25.3. The highest BCUT2D eigenvalue weighted by atomic mass is 16.2. The second-order valence-corrected chi connectivity index (χ2v) is 5.31. The van der Waals surface area contributed by atoms with E-state index in [1.165, 1.54) is 18.3 Å². The predicted molar refractivity (Wildman–Crippen MR) is 72.3 cm³/mol.